The quantitative estimate of drug-likeness (QED) is 0.248. The zero-order valence-electron chi connectivity index (χ0n) is 20.9. The normalized spacial score (nSPS) is 13.5. The minimum Gasteiger partial charge on any atom is -0.348 e. The van der Waals surface area contributed by atoms with Crippen molar-refractivity contribution in [2.75, 3.05) is 5.75 Å². The average Bonchev–Trinajstić information content (AvgIpc) is 3.64. The number of carbonyl (C=O) groups excluding carboxylic acids is 1. The van der Waals surface area contributed by atoms with Crippen LogP contribution in [0.3, 0.4) is 0 Å². The minimum atomic E-state index is -0.0307. The average molecular weight is 483 g/mol. The first-order valence-electron chi connectivity index (χ1n) is 12.7. The van der Waals surface area contributed by atoms with Crippen molar-refractivity contribution < 1.29 is 4.79 Å². The first kappa shape index (κ1) is 23.7. The first-order valence-corrected chi connectivity index (χ1v) is 13.7. The highest BCUT2D eigenvalue weighted by Gasteiger charge is 2.26. The molecule has 1 N–H and O–H groups in total. The van der Waals surface area contributed by atoms with Crippen molar-refractivity contribution in [1.82, 2.24) is 9.88 Å². The van der Waals surface area contributed by atoms with Crippen molar-refractivity contribution in [1.29, 1.82) is 0 Å². The van der Waals surface area contributed by atoms with E-state index in [0.29, 0.717) is 18.2 Å². The number of carbonyl (C=O) groups is 1. The number of fused-ring (bicyclic) bond motifs is 1. The van der Waals surface area contributed by atoms with E-state index in [1.54, 1.807) is 0 Å². The highest BCUT2D eigenvalue weighted by atomic mass is 32.2. The third kappa shape index (κ3) is 5.33. The lowest BCUT2D eigenvalue weighted by atomic mass is 9.99. The fourth-order valence-electron chi connectivity index (χ4n) is 5.02. The van der Waals surface area contributed by atoms with Gasteiger partial charge in [0.1, 0.15) is 0 Å². The summed E-state index contributed by atoms with van der Waals surface area (Å²) in [5, 5.41) is 4.22. The number of nitrogens with zero attached hydrogens (tertiary/aromatic N) is 1. The van der Waals surface area contributed by atoms with Crippen molar-refractivity contribution in [2.24, 2.45) is 0 Å². The van der Waals surface area contributed by atoms with Crippen molar-refractivity contribution in [3.63, 3.8) is 0 Å². The van der Waals surface area contributed by atoms with Crippen LogP contribution in [0.1, 0.15) is 78.3 Å². The number of thioether (sulfide) groups is 1. The third-order valence-electron chi connectivity index (χ3n) is 6.83. The molecule has 1 saturated carbocycles. The molecule has 3 nitrogen and oxygen atoms in total. The summed E-state index contributed by atoms with van der Waals surface area (Å²) in [6.45, 7) is 7.16. The molecule has 180 valence electrons. The third-order valence-corrected chi connectivity index (χ3v) is 7.72. The Morgan fingerprint density at radius 1 is 1.03 bits per heavy atom. The van der Waals surface area contributed by atoms with Crippen molar-refractivity contribution in [3.05, 3.63) is 101 Å². The lowest BCUT2D eigenvalue weighted by molar-refractivity contribution is 0.0951. The van der Waals surface area contributed by atoms with Gasteiger partial charge in [0.25, 0.3) is 5.91 Å². The summed E-state index contributed by atoms with van der Waals surface area (Å²) in [7, 11) is 0. The van der Waals surface area contributed by atoms with Gasteiger partial charge in [-0.15, -0.1) is 11.8 Å². The Kier molecular flexibility index (Phi) is 7.01. The lowest BCUT2D eigenvalue weighted by Gasteiger charge is -2.16. The van der Waals surface area contributed by atoms with E-state index >= 15 is 0 Å². The number of aromatic nitrogens is 1. The van der Waals surface area contributed by atoms with Crippen LogP contribution < -0.4 is 5.32 Å². The van der Waals surface area contributed by atoms with Gasteiger partial charge in [0.2, 0.25) is 0 Å². The molecule has 0 unspecified atom stereocenters. The molecule has 0 spiro atoms. The van der Waals surface area contributed by atoms with Gasteiger partial charge in [0, 0.05) is 46.1 Å². The van der Waals surface area contributed by atoms with Crippen LogP contribution in [0.2, 0.25) is 0 Å². The summed E-state index contributed by atoms with van der Waals surface area (Å²) in [6, 6.07) is 26.1. The Balaban J connectivity index is 1.36. The molecular weight excluding hydrogens is 448 g/mol. The van der Waals surface area contributed by atoms with E-state index in [4.69, 9.17) is 0 Å². The Bertz CT molecular complexity index is 1330. The molecule has 1 heterocycles. The predicted molar refractivity (Wildman–Crippen MR) is 148 cm³/mol. The predicted octanol–water partition coefficient (Wildman–Crippen LogP) is 7.73. The molecule has 4 aromatic rings. The van der Waals surface area contributed by atoms with Gasteiger partial charge >= 0.3 is 0 Å². The van der Waals surface area contributed by atoms with Gasteiger partial charge in [-0.3, -0.25) is 4.79 Å². The molecule has 0 atom stereocenters. The number of nitrogens with one attached hydrogen (secondary N) is 1. The molecule has 5 rings (SSSR count). The molecule has 1 amide bonds. The van der Waals surface area contributed by atoms with Crippen LogP contribution in [-0.2, 0) is 13.0 Å². The van der Waals surface area contributed by atoms with Gasteiger partial charge in [-0.25, -0.2) is 0 Å². The van der Waals surface area contributed by atoms with Gasteiger partial charge < -0.3 is 9.88 Å². The molecule has 0 aliphatic heterocycles. The number of rotatable bonds is 9. The molecule has 1 aliphatic rings. The second kappa shape index (κ2) is 10.3. The highest BCUT2D eigenvalue weighted by molar-refractivity contribution is 7.99. The van der Waals surface area contributed by atoms with E-state index in [9.17, 15) is 4.79 Å². The standard InChI is InChI=1S/C31H34N2OS/c1-4-35-28-14-9-22(10-15-28)20-32-31(34)25-13-16-30-26(17-25)19-27(33(30)21(2)3)18-24-7-5-6-8-29(24)23-11-12-23/h5-10,13-17,19,21,23H,4,11-12,18,20H2,1-3H3,(H,32,34). The smallest absolute Gasteiger partial charge is 0.251 e. The molecule has 1 fully saturated rings. The second-order valence-corrected chi connectivity index (χ2v) is 11.1. The lowest BCUT2D eigenvalue weighted by Crippen LogP contribution is -2.22. The van der Waals surface area contributed by atoms with Crippen LogP contribution in [0.4, 0.5) is 0 Å². The highest BCUT2D eigenvalue weighted by Crippen LogP contribution is 2.42. The van der Waals surface area contributed by atoms with Gasteiger partial charge in [0.05, 0.1) is 0 Å². The fraction of sp³-hybridized carbons (Fsp3) is 0.323. The van der Waals surface area contributed by atoms with Crippen LogP contribution in [0.5, 0.6) is 0 Å². The molecule has 35 heavy (non-hydrogen) atoms. The molecule has 0 radical (unpaired) electrons. The summed E-state index contributed by atoms with van der Waals surface area (Å²) in [5.74, 6) is 1.77. The summed E-state index contributed by atoms with van der Waals surface area (Å²) >= 11 is 1.83. The van der Waals surface area contributed by atoms with Gasteiger partial charge in [0.15, 0.2) is 0 Å². The maximum Gasteiger partial charge on any atom is 0.251 e. The van der Waals surface area contributed by atoms with Crippen LogP contribution in [0, 0.1) is 0 Å². The summed E-state index contributed by atoms with van der Waals surface area (Å²) in [4.78, 5) is 14.2. The molecule has 0 saturated heterocycles. The Morgan fingerprint density at radius 3 is 2.51 bits per heavy atom. The van der Waals surface area contributed by atoms with E-state index < -0.39 is 0 Å². The van der Waals surface area contributed by atoms with E-state index in [-0.39, 0.29) is 5.91 Å². The summed E-state index contributed by atoms with van der Waals surface area (Å²) < 4.78 is 2.43. The summed E-state index contributed by atoms with van der Waals surface area (Å²) in [5.41, 5.74) is 7.27. The monoisotopic (exact) mass is 482 g/mol. The van der Waals surface area contributed by atoms with E-state index in [2.05, 4.69) is 91.3 Å². The fourth-order valence-corrected chi connectivity index (χ4v) is 5.68. The van der Waals surface area contributed by atoms with Crippen LogP contribution in [0.25, 0.3) is 10.9 Å². The van der Waals surface area contributed by atoms with E-state index in [0.717, 1.165) is 29.0 Å². The van der Waals surface area contributed by atoms with Gasteiger partial charge in [-0.05, 0) is 91.4 Å². The van der Waals surface area contributed by atoms with Crippen molar-refractivity contribution >= 4 is 28.6 Å². The van der Waals surface area contributed by atoms with Crippen LogP contribution in [0.15, 0.2) is 77.7 Å². The topological polar surface area (TPSA) is 34.0 Å². The maximum atomic E-state index is 13.0. The first-order chi connectivity index (χ1) is 17.0. The number of amides is 1. The molecule has 1 aromatic heterocycles. The Labute approximate surface area is 212 Å². The number of hydrogen-bond donors (Lipinski definition) is 1. The number of hydrogen-bond acceptors (Lipinski definition) is 2. The Morgan fingerprint density at radius 2 is 1.80 bits per heavy atom. The molecule has 0 bridgehead atoms. The molecule has 4 heteroatoms. The molecular formula is C31H34N2OS. The zero-order chi connectivity index (χ0) is 24.4. The van der Waals surface area contributed by atoms with Crippen molar-refractivity contribution in [3.8, 4) is 0 Å². The maximum absolute atomic E-state index is 13.0. The SMILES string of the molecule is CCSc1ccc(CNC(=O)c2ccc3c(c2)cc(Cc2ccccc2C2CC2)n3C(C)C)cc1. The number of benzene rings is 3. The largest absolute Gasteiger partial charge is 0.348 e. The summed E-state index contributed by atoms with van der Waals surface area (Å²) in [6.07, 6.45) is 3.54. The van der Waals surface area contributed by atoms with Crippen molar-refractivity contribution in [2.45, 2.75) is 63.4 Å². The second-order valence-electron chi connectivity index (χ2n) is 9.78. The van der Waals surface area contributed by atoms with Crippen LogP contribution >= 0.6 is 11.8 Å². The van der Waals surface area contributed by atoms with Gasteiger partial charge in [-0.1, -0.05) is 43.3 Å². The van der Waals surface area contributed by atoms with Gasteiger partial charge in [-0.2, -0.15) is 0 Å². The van der Waals surface area contributed by atoms with Crippen LogP contribution in [-0.4, -0.2) is 16.2 Å². The van der Waals surface area contributed by atoms with E-state index in [1.165, 1.54) is 40.1 Å². The van der Waals surface area contributed by atoms with E-state index in [1.807, 2.05) is 23.9 Å². The minimum absolute atomic E-state index is 0.0307. The molecule has 1 aliphatic carbocycles. The zero-order valence-corrected chi connectivity index (χ0v) is 21.7. The molecule has 3 aromatic carbocycles. The Hall–Kier alpha value is -2.98.